The number of pyridine rings is 1. The van der Waals surface area contributed by atoms with E-state index in [9.17, 15) is 4.79 Å². The van der Waals surface area contributed by atoms with Crippen molar-refractivity contribution in [3.05, 3.63) is 83.0 Å². The van der Waals surface area contributed by atoms with Gasteiger partial charge in [-0.25, -0.2) is 4.98 Å². The van der Waals surface area contributed by atoms with E-state index in [1.807, 2.05) is 50.2 Å². The zero-order valence-electron chi connectivity index (χ0n) is 16.5. The summed E-state index contributed by atoms with van der Waals surface area (Å²) in [6, 6.07) is 17.6. The van der Waals surface area contributed by atoms with Gasteiger partial charge in [-0.05, 0) is 61.2 Å². The lowest BCUT2D eigenvalue weighted by Gasteiger charge is -2.12. The number of nitrogens with one attached hydrogen (secondary N) is 2. The lowest BCUT2D eigenvalue weighted by molar-refractivity contribution is 0.102. The van der Waals surface area contributed by atoms with E-state index in [2.05, 4.69) is 27.8 Å². The Balaban J connectivity index is 1.54. The number of methoxy groups -OCH3 is 1. The second-order valence-electron chi connectivity index (χ2n) is 6.68. The summed E-state index contributed by atoms with van der Waals surface area (Å²) in [5.41, 5.74) is 4.69. The number of para-hydroxylation sites is 1. The normalized spacial score (nSPS) is 10.4. The van der Waals surface area contributed by atoms with Crippen molar-refractivity contribution >= 4 is 17.4 Å². The number of benzene rings is 2. The minimum Gasteiger partial charge on any atom is -0.497 e. The maximum absolute atomic E-state index is 12.5. The highest BCUT2D eigenvalue weighted by Crippen LogP contribution is 2.20. The van der Waals surface area contributed by atoms with Crippen LogP contribution < -0.4 is 15.4 Å². The molecule has 0 atom stereocenters. The van der Waals surface area contributed by atoms with Gasteiger partial charge in [0.25, 0.3) is 5.91 Å². The number of ether oxygens (including phenoxy) is 1. The molecule has 3 rings (SSSR count). The van der Waals surface area contributed by atoms with Gasteiger partial charge in [-0.1, -0.05) is 30.3 Å². The van der Waals surface area contributed by atoms with Gasteiger partial charge in [-0.15, -0.1) is 0 Å². The largest absolute Gasteiger partial charge is 0.497 e. The second kappa shape index (κ2) is 9.04. The fourth-order valence-electron chi connectivity index (χ4n) is 2.96. The average Bonchev–Trinajstić information content (AvgIpc) is 2.72. The predicted octanol–water partition coefficient (Wildman–Crippen LogP) is 4.61. The smallest absolute Gasteiger partial charge is 0.257 e. The molecule has 1 aromatic heterocycles. The second-order valence-corrected chi connectivity index (χ2v) is 6.68. The van der Waals surface area contributed by atoms with Crippen LogP contribution in [0.2, 0.25) is 0 Å². The summed E-state index contributed by atoms with van der Waals surface area (Å²) in [4.78, 5) is 16.9. The molecule has 5 heteroatoms. The van der Waals surface area contributed by atoms with Crippen molar-refractivity contribution in [1.82, 2.24) is 4.98 Å². The number of aryl methyl sites for hydroxylation is 2. The van der Waals surface area contributed by atoms with Crippen molar-refractivity contribution in [3.8, 4) is 5.75 Å². The third kappa shape index (κ3) is 4.88. The molecule has 2 N–H and O–H groups in total. The van der Waals surface area contributed by atoms with Gasteiger partial charge in [0.2, 0.25) is 0 Å². The van der Waals surface area contributed by atoms with E-state index in [4.69, 9.17) is 4.74 Å². The minimum absolute atomic E-state index is 0.158. The molecule has 0 saturated carbocycles. The van der Waals surface area contributed by atoms with E-state index in [0.29, 0.717) is 5.56 Å². The molecule has 0 aliphatic heterocycles. The summed E-state index contributed by atoms with van der Waals surface area (Å²) < 4.78 is 5.17. The van der Waals surface area contributed by atoms with Crippen LogP contribution in [0.15, 0.2) is 60.8 Å². The highest BCUT2D eigenvalue weighted by atomic mass is 16.5. The van der Waals surface area contributed by atoms with Gasteiger partial charge in [0, 0.05) is 18.4 Å². The van der Waals surface area contributed by atoms with Gasteiger partial charge in [-0.2, -0.15) is 0 Å². The SMILES string of the molecule is COc1ccc(CCNc2ccc(C(=O)Nc3c(C)cccc3C)cn2)cc1. The molecule has 0 saturated heterocycles. The molecule has 5 nitrogen and oxygen atoms in total. The number of nitrogens with zero attached hydrogens (tertiary/aromatic N) is 1. The van der Waals surface area contributed by atoms with Crippen LogP contribution in [0.3, 0.4) is 0 Å². The number of hydrogen-bond donors (Lipinski definition) is 2. The Bertz CT molecular complexity index is 915. The lowest BCUT2D eigenvalue weighted by Crippen LogP contribution is -2.14. The number of rotatable bonds is 7. The van der Waals surface area contributed by atoms with Crippen LogP contribution in [-0.2, 0) is 6.42 Å². The van der Waals surface area contributed by atoms with Crippen LogP contribution in [0.25, 0.3) is 0 Å². The van der Waals surface area contributed by atoms with Gasteiger partial charge in [0.15, 0.2) is 0 Å². The van der Waals surface area contributed by atoms with E-state index in [-0.39, 0.29) is 5.91 Å². The molecule has 1 amide bonds. The van der Waals surface area contributed by atoms with Crippen LogP contribution in [0, 0.1) is 13.8 Å². The Hall–Kier alpha value is -3.34. The first-order valence-electron chi connectivity index (χ1n) is 9.27. The Morgan fingerprint density at radius 1 is 1.00 bits per heavy atom. The fraction of sp³-hybridized carbons (Fsp3) is 0.217. The fourth-order valence-corrected chi connectivity index (χ4v) is 2.96. The molecule has 1 heterocycles. The van der Waals surface area contributed by atoms with E-state index in [0.717, 1.165) is 41.3 Å². The first-order valence-corrected chi connectivity index (χ1v) is 9.27. The molecule has 0 spiro atoms. The van der Waals surface area contributed by atoms with E-state index in [1.54, 1.807) is 19.4 Å². The molecule has 28 heavy (non-hydrogen) atoms. The molecule has 0 unspecified atom stereocenters. The highest BCUT2D eigenvalue weighted by molar-refractivity contribution is 6.04. The molecule has 0 fully saturated rings. The first-order chi connectivity index (χ1) is 13.6. The average molecular weight is 375 g/mol. The van der Waals surface area contributed by atoms with Crippen molar-refractivity contribution in [3.63, 3.8) is 0 Å². The Morgan fingerprint density at radius 2 is 1.71 bits per heavy atom. The number of carbonyl (C=O) groups excluding carboxylic acids is 1. The summed E-state index contributed by atoms with van der Waals surface area (Å²) in [5.74, 6) is 1.44. The maximum Gasteiger partial charge on any atom is 0.257 e. The Morgan fingerprint density at radius 3 is 2.32 bits per heavy atom. The zero-order chi connectivity index (χ0) is 19.9. The minimum atomic E-state index is -0.158. The van der Waals surface area contributed by atoms with Crippen LogP contribution in [0.5, 0.6) is 5.75 Å². The van der Waals surface area contributed by atoms with E-state index in [1.165, 1.54) is 5.56 Å². The third-order valence-electron chi connectivity index (χ3n) is 4.62. The van der Waals surface area contributed by atoms with Crippen molar-refractivity contribution in [2.45, 2.75) is 20.3 Å². The molecule has 0 radical (unpaired) electrons. The van der Waals surface area contributed by atoms with Gasteiger partial charge < -0.3 is 15.4 Å². The van der Waals surface area contributed by atoms with Crippen LogP contribution in [0.1, 0.15) is 27.0 Å². The monoisotopic (exact) mass is 375 g/mol. The zero-order valence-corrected chi connectivity index (χ0v) is 16.5. The molecular formula is C23H25N3O2. The standard InChI is InChI=1S/C23H25N3O2/c1-16-5-4-6-17(2)22(16)26-23(27)19-9-12-21(25-15-19)24-14-13-18-7-10-20(28-3)11-8-18/h4-12,15H,13-14H2,1-3H3,(H,24,25)(H,26,27). The van der Waals surface area contributed by atoms with Crippen molar-refractivity contribution in [1.29, 1.82) is 0 Å². The van der Waals surface area contributed by atoms with Crippen LogP contribution >= 0.6 is 0 Å². The molecular weight excluding hydrogens is 350 g/mol. The van der Waals surface area contributed by atoms with Gasteiger partial charge >= 0.3 is 0 Å². The summed E-state index contributed by atoms with van der Waals surface area (Å²) in [7, 11) is 1.66. The van der Waals surface area contributed by atoms with Crippen molar-refractivity contribution in [2.24, 2.45) is 0 Å². The van der Waals surface area contributed by atoms with Crippen molar-refractivity contribution in [2.75, 3.05) is 24.3 Å². The predicted molar refractivity (Wildman–Crippen MR) is 113 cm³/mol. The van der Waals surface area contributed by atoms with E-state index < -0.39 is 0 Å². The molecule has 3 aromatic rings. The summed E-state index contributed by atoms with van der Waals surface area (Å²) in [5, 5.41) is 6.26. The van der Waals surface area contributed by atoms with Gasteiger partial charge in [0.05, 0.1) is 12.7 Å². The maximum atomic E-state index is 12.5. The number of amides is 1. The summed E-state index contributed by atoms with van der Waals surface area (Å²) in [6.07, 6.45) is 2.47. The highest BCUT2D eigenvalue weighted by Gasteiger charge is 2.10. The summed E-state index contributed by atoms with van der Waals surface area (Å²) >= 11 is 0. The Kier molecular flexibility index (Phi) is 6.27. The van der Waals surface area contributed by atoms with Gasteiger partial charge in [-0.3, -0.25) is 4.79 Å². The molecule has 0 aliphatic carbocycles. The number of aromatic nitrogens is 1. The molecule has 2 aromatic carbocycles. The third-order valence-corrected chi connectivity index (χ3v) is 4.62. The van der Waals surface area contributed by atoms with Gasteiger partial charge in [0.1, 0.15) is 11.6 Å². The molecule has 0 bridgehead atoms. The Labute approximate surface area is 165 Å². The van der Waals surface area contributed by atoms with Crippen LogP contribution in [0.4, 0.5) is 11.5 Å². The van der Waals surface area contributed by atoms with E-state index >= 15 is 0 Å². The lowest BCUT2D eigenvalue weighted by atomic mass is 10.1. The number of anilines is 2. The topological polar surface area (TPSA) is 63.2 Å². The number of hydrogen-bond acceptors (Lipinski definition) is 4. The van der Waals surface area contributed by atoms with Crippen LogP contribution in [-0.4, -0.2) is 24.5 Å². The molecule has 144 valence electrons. The molecule has 0 aliphatic rings. The number of carbonyl (C=O) groups is 1. The van der Waals surface area contributed by atoms with Crippen molar-refractivity contribution < 1.29 is 9.53 Å². The summed E-state index contributed by atoms with van der Waals surface area (Å²) in [6.45, 7) is 4.72. The first kappa shape index (κ1) is 19.4. The quantitative estimate of drug-likeness (QED) is 0.633.